The third kappa shape index (κ3) is 3.17. The van der Waals surface area contributed by atoms with Crippen LogP contribution in [-0.2, 0) is 4.84 Å². The third-order valence-electron chi connectivity index (χ3n) is 5.98. The summed E-state index contributed by atoms with van der Waals surface area (Å²) < 4.78 is 0. The molecule has 148 valence electrons. The van der Waals surface area contributed by atoms with Crippen LogP contribution >= 0.6 is 0 Å². The minimum atomic E-state index is -0.427. The number of carbonyl (C=O) groups excluding carboxylic acids is 1. The average molecular weight is 393 g/mol. The summed E-state index contributed by atoms with van der Waals surface area (Å²) in [7, 11) is 0. The quantitative estimate of drug-likeness (QED) is 0.531. The highest BCUT2D eigenvalue weighted by Gasteiger charge is 2.50. The molecule has 1 saturated heterocycles. The van der Waals surface area contributed by atoms with E-state index in [4.69, 9.17) is 4.84 Å². The van der Waals surface area contributed by atoms with Crippen LogP contribution in [0, 0.1) is 5.92 Å². The van der Waals surface area contributed by atoms with E-state index in [1.54, 1.807) is 0 Å². The lowest BCUT2D eigenvalue weighted by atomic mass is 9.84. The van der Waals surface area contributed by atoms with Gasteiger partial charge in [0.25, 0.3) is 0 Å². The first-order valence-corrected chi connectivity index (χ1v) is 10.3. The number of hydrogen-bond donors (Lipinski definition) is 0. The molecule has 0 amide bonds. The molecular formula is C27H23NO2. The fourth-order valence-corrected chi connectivity index (χ4v) is 4.47. The Balaban J connectivity index is 1.61. The van der Waals surface area contributed by atoms with Crippen molar-refractivity contribution < 1.29 is 9.63 Å². The first-order chi connectivity index (χ1) is 14.7. The predicted molar refractivity (Wildman–Crippen MR) is 120 cm³/mol. The van der Waals surface area contributed by atoms with E-state index in [1.165, 1.54) is 16.7 Å². The van der Waals surface area contributed by atoms with Gasteiger partial charge in [-0.2, -0.15) is 0 Å². The molecule has 0 unspecified atom stereocenters. The number of allylic oxidation sites excluding steroid dienone is 2. The van der Waals surface area contributed by atoms with Crippen molar-refractivity contribution in [2.45, 2.75) is 19.1 Å². The summed E-state index contributed by atoms with van der Waals surface area (Å²) in [6.45, 7) is 2.13. The molecule has 3 heteroatoms. The van der Waals surface area contributed by atoms with Crippen LogP contribution in [-0.4, -0.2) is 17.9 Å². The van der Waals surface area contributed by atoms with E-state index in [1.807, 2.05) is 83.9 Å². The van der Waals surface area contributed by atoms with Crippen LogP contribution in [0.3, 0.4) is 0 Å². The molecule has 0 radical (unpaired) electrons. The molecule has 0 spiro atoms. The fourth-order valence-electron chi connectivity index (χ4n) is 4.47. The van der Waals surface area contributed by atoms with Gasteiger partial charge in [0, 0.05) is 11.5 Å². The number of hydroxylamine groups is 1. The highest BCUT2D eigenvalue weighted by atomic mass is 16.7. The van der Waals surface area contributed by atoms with Crippen LogP contribution in [0.25, 0.3) is 5.57 Å². The molecule has 3 aromatic rings. The van der Waals surface area contributed by atoms with Crippen molar-refractivity contribution in [1.82, 2.24) is 0 Å². The first-order valence-electron chi connectivity index (χ1n) is 10.3. The van der Waals surface area contributed by atoms with Crippen LogP contribution in [0.2, 0.25) is 0 Å². The highest BCUT2D eigenvalue weighted by molar-refractivity contribution is 6.03. The first kappa shape index (κ1) is 18.6. The smallest absolute Gasteiger partial charge is 0.188 e. The molecule has 0 bridgehead atoms. The maximum Gasteiger partial charge on any atom is 0.188 e. The largest absolute Gasteiger partial charge is 0.292 e. The topological polar surface area (TPSA) is 29.5 Å². The second kappa shape index (κ2) is 7.77. The van der Waals surface area contributed by atoms with Crippen LogP contribution in [0.15, 0.2) is 109 Å². The van der Waals surface area contributed by atoms with Crippen LogP contribution in [0.4, 0.5) is 5.69 Å². The summed E-state index contributed by atoms with van der Waals surface area (Å²) in [6.07, 6.45) is 4.06. The zero-order valence-corrected chi connectivity index (χ0v) is 16.8. The zero-order valence-electron chi connectivity index (χ0n) is 16.8. The van der Waals surface area contributed by atoms with Gasteiger partial charge in [-0.15, -0.1) is 0 Å². The summed E-state index contributed by atoms with van der Waals surface area (Å²) in [6, 6.07) is 29.3. The summed E-state index contributed by atoms with van der Waals surface area (Å²) in [5, 5.41) is 1.81. The molecule has 3 aromatic carbocycles. The van der Waals surface area contributed by atoms with E-state index in [0.29, 0.717) is 5.56 Å². The number of benzene rings is 3. The molecule has 1 aliphatic heterocycles. The van der Waals surface area contributed by atoms with Crippen molar-refractivity contribution in [3.63, 3.8) is 0 Å². The van der Waals surface area contributed by atoms with Gasteiger partial charge < -0.3 is 0 Å². The van der Waals surface area contributed by atoms with Crippen molar-refractivity contribution in [3.05, 3.63) is 120 Å². The molecule has 0 aromatic heterocycles. The van der Waals surface area contributed by atoms with E-state index < -0.39 is 6.04 Å². The predicted octanol–water partition coefficient (Wildman–Crippen LogP) is 5.72. The summed E-state index contributed by atoms with van der Waals surface area (Å²) in [4.78, 5) is 20.0. The number of ketones is 1. The Morgan fingerprint density at radius 1 is 0.800 bits per heavy atom. The number of fused-ring (bicyclic) bond motifs is 1. The second-order valence-corrected chi connectivity index (χ2v) is 7.74. The number of carbonyl (C=O) groups is 1. The van der Waals surface area contributed by atoms with Crippen molar-refractivity contribution in [2.24, 2.45) is 5.92 Å². The van der Waals surface area contributed by atoms with Gasteiger partial charge in [-0.3, -0.25) is 9.63 Å². The molecule has 2 aliphatic rings. The number of nitrogens with zero attached hydrogens (tertiary/aromatic N) is 1. The standard InChI is InChI=1S/C27H23NO2/c1-19(20-11-5-2-6-12-20)23-17-18-24-25(23)26(27(29)21-13-7-3-8-14-21)28(30-24)22-15-9-4-10-16-22/h2-18,24-26H,1H3/b23-19+/t24-,25+,26+/m0/s1. The molecular weight excluding hydrogens is 370 g/mol. The number of rotatable bonds is 4. The second-order valence-electron chi connectivity index (χ2n) is 7.74. The van der Waals surface area contributed by atoms with Crippen molar-refractivity contribution in [3.8, 4) is 0 Å². The normalized spacial score (nSPS) is 24.0. The highest BCUT2D eigenvalue weighted by Crippen LogP contribution is 2.44. The Morgan fingerprint density at radius 3 is 2.00 bits per heavy atom. The Hall–Kier alpha value is -3.43. The maximum atomic E-state index is 13.7. The van der Waals surface area contributed by atoms with Crippen molar-refractivity contribution >= 4 is 17.0 Å². The number of Topliss-reactive ketones (excluding diaryl/α,β-unsaturated/α-hetero) is 1. The Bertz CT molecular complexity index is 1100. The third-order valence-corrected chi connectivity index (χ3v) is 5.98. The van der Waals surface area contributed by atoms with E-state index in [9.17, 15) is 4.79 Å². The van der Waals surface area contributed by atoms with Gasteiger partial charge in [-0.25, -0.2) is 5.06 Å². The van der Waals surface area contributed by atoms with Gasteiger partial charge >= 0.3 is 0 Å². The fraction of sp³-hybridized carbons (Fsp3) is 0.148. The van der Waals surface area contributed by atoms with Gasteiger partial charge in [-0.05, 0) is 35.8 Å². The Kier molecular flexibility index (Phi) is 4.82. The molecule has 0 N–H and O–H groups in total. The SMILES string of the molecule is C/C(=C1/C=C[C@@H]2ON(c3ccccc3)[C@@H](C(=O)c3ccccc3)[C@H]12)c1ccccc1. The van der Waals surface area contributed by atoms with Gasteiger partial charge in [0.05, 0.1) is 5.69 Å². The molecule has 1 fully saturated rings. The number of anilines is 1. The molecule has 1 heterocycles. The van der Waals surface area contributed by atoms with Crippen molar-refractivity contribution in [2.75, 3.05) is 5.06 Å². The summed E-state index contributed by atoms with van der Waals surface area (Å²) in [5.41, 5.74) is 5.12. The Morgan fingerprint density at radius 2 is 1.37 bits per heavy atom. The molecule has 3 nitrogen and oxygen atoms in total. The van der Waals surface area contributed by atoms with E-state index in [-0.39, 0.29) is 17.8 Å². The van der Waals surface area contributed by atoms with Crippen molar-refractivity contribution in [1.29, 1.82) is 0 Å². The summed E-state index contributed by atoms with van der Waals surface area (Å²) in [5.74, 6) is 0.0205. The number of hydrogen-bond acceptors (Lipinski definition) is 3. The van der Waals surface area contributed by atoms with E-state index in [2.05, 4.69) is 31.2 Å². The zero-order chi connectivity index (χ0) is 20.5. The lowest BCUT2D eigenvalue weighted by molar-refractivity contribution is 0.0885. The maximum absolute atomic E-state index is 13.7. The van der Waals surface area contributed by atoms with E-state index >= 15 is 0 Å². The molecule has 3 atom stereocenters. The molecule has 1 aliphatic carbocycles. The van der Waals surface area contributed by atoms with Gasteiger partial charge in [0.1, 0.15) is 12.1 Å². The Labute approximate surface area is 176 Å². The minimum Gasteiger partial charge on any atom is -0.292 e. The molecule has 30 heavy (non-hydrogen) atoms. The van der Waals surface area contributed by atoms with Crippen LogP contribution < -0.4 is 5.06 Å². The molecule has 0 saturated carbocycles. The van der Waals surface area contributed by atoms with E-state index in [0.717, 1.165) is 5.69 Å². The number of para-hydroxylation sites is 1. The van der Waals surface area contributed by atoms with Gasteiger partial charge in [0.15, 0.2) is 5.78 Å². The lowest BCUT2D eigenvalue weighted by Gasteiger charge is -2.27. The van der Waals surface area contributed by atoms with Gasteiger partial charge in [-0.1, -0.05) is 91.0 Å². The molecule has 5 rings (SSSR count). The summed E-state index contributed by atoms with van der Waals surface area (Å²) >= 11 is 0. The van der Waals surface area contributed by atoms with Crippen LogP contribution in [0.5, 0.6) is 0 Å². The monoisotopic (exact) mass is 393 g/mol. The average Bonchev–Trinajstić information content (AvgIpc) is 3.39. The van der Waals surface area contributed by atoms with Crippen LogP contribution in [0.1, 0.15) is 22.8 Å². The lowest BCUT2D eigenvalue weighted by Crippen LogP contribution is -2.40. The minimum absolute atomic E-state index is 0.0573. The van der Waals surface area contributed by atoms with Gasteiger partial charge in [0.2, 0.25) is 0 Å².